The lowest BCUT2D eigenvalue weighted by molar-refractivity contribution is 0.0695. The van der Waals surface area contributed by atoms with Crippen LogP contribution in [0.1, 0.15) is 29.6 Å². The SMILES string of the molecule is O=C(O)c1cc(S(=O)(=O)NCC2CCCCS2)ccc1Br. The molecule has 1 aromatic carbocycles. The number of sulfonamides is 1. The molecule has 1 atom stereocenters. The largest absolute Gasteiger partial charge is 0.478 e. The van der Waals surface area contributed by atoms with E-state index < -0.39 is 16.0 Å². The first kappa shape index (κ1) is 16.8. The van der Waals surface area contributed by atoms with E-state index in [1.165, 1.54) is 24.6 Å². The van der Waals surface area contributed by atoms with Crippen molar-refractivity contribution in [3.63, 3.8) is 0 Å². The predicted octanol–water partition coefficient (Wildman–Crippen LogP) is 2.71. The third kappa shape index (κ3) is 4.45. The zero-order chi connectivity index (χ0) is 15.5. The Kier molecular flexibility index (Phi) is 5.70. The molecule has 21 heavy (non-hydrogen) atoms. The van der Waals surface area contributed by atoms with Crippen molar-refractivity contribution in [3.05, 3.63) is 28.2 Å². The van der Waals surface area contributed by atoms with Gasteiger partial charge in [-0.3, -0.25) is 0 Å². The van der Waals surface area contributed by atoms with Crippen LogP contribution in [0.2, 0.25) is 0 Å². The van der Waals surface area contributed by atoms with Crippen LogP contribution in [0.4, 0.5) is 0 Å². The van der Waals surface area contributed by atoms with Gasteiger partial charge >= 0.3 is 5.97 Å². The van der Waals surface area contributed by atoms with E-state index in [2.05, 4.69) is 20.7 Å². The molecule has 0 radical (unpaired) electrons. The van der Waals surface area contributed by atoms with Crippen molar-refractivity contribution < 1.29 is 18.3 Å². The molecule has 1 aromatic rings. The third-order valence-corrected chi connectivity index (χ3v) is 6.76. The number of rotatable bonds is 5. The Hall–Kier alpha value is -0.570. The number of benzene rings is 1. The van der Waals surface area contributed by atoms with Gasteiger partial charge in [-0.05, 0) is 52.7 Å². The highest BCUT2D eigenvalue weighted by atomic mass is 79.9. The summed E-state index contributed by atoms with van der Waals surface area (Å²) >= 11 is 4.88. The average Bonchev–Trinajstić information content (AvgIpc) is 2.46. The number of hydrogen-bond acceptors (Lipinski definition) is 4. The van der Waals surface area contributed by atoms with Crippen LogP contribution in [0, 0.1) is 0 Å². The van der Waals surface area contributed by atoms with Gasteiger partial charge in [0, 0.05) is 16.3 Å². The monoisotopic (exact) mass is 393 g/mol. The number of carboxylic acid groups (broad SMARTS) is 1. The molecule has 1 unspecified atom stereocenters. The zero-order valence-corrected chi connectivity index (χ0v) is 14.4. The van der Waals surface area contributed by atoms with Gasteiger partial charge in [-0.15, -0.1) is 0 Å². The molecule has 0 aromatic heterocycles. The Balaban J connectivity index is 2.11. The molecule has 1 heterocycles. The maximum Gasteiger partial charge on any atom is 0.336 e. The Labute approximate surface area is 136 Å². The van der Waals surface area contributed by atoms with Crippen molar-refractivity contribution in [2.24, 2.45) is 0 Å². The summed E-state index contributed by atoms with van der Waals surface area (Å²) in [7, 11) is -3.68. The van der Waals surface area contributed by atoms with Crippen molar-refractivity contribution >= 4 is 43.7 Å². The van der Waals surface area contributed by atoms with E-state index in [0.29, 0.717) is 16.3 Å². The van der Waals surface area contributed by atoms with Crippen LogP contribution in [0.15, 0.2) is 27.6 Å². The van der Waals surface area contributed by atoms with Gasteiger partial charge in [0.05, 0.1) is 10.5 Å². The van der Waals surface area contributed by atoms with Crippen molar-refractivity contribution in [1.29, 1.82) is 0 Å². The van der Waals surface area contributed by atoms with E-state index >= 15 is 0 Å². The van der Waals surface area contributed by atoms with Crippen molar-refractivity contribution in [2.45, 2.75) is 29.4 Å². The summed E-state index contributed by atoms with van der Waals surface area (Å²) in [5.41, 5.74) is -0.0649. The number of carbonyl (C=O) groups is 1. The Bertz CT molecular complexity index is 627. The molecule has 1 aliphatic heterocycles. The summed E-state index contributed by atoms with van der Waals surface area (Å²) in [6, 6.07) is 4.00. The second-order valence-electron chi connectivity index (χ2n) is 4.79. The van der Waals surface area contributed by atoms with Crippen LogP contribution in [0.25, 0.3) is 0 Å². The van der Waals surface area contributed by atoms with Crippen molar-refractivity contribution in [2.75, 3.05) is 12.3 Å². The molecule has 1 saturated heterocycles. The minimum Gasteiger partial charge on any atom is -0.478 e. The first-order valence-corrected chi connectivity index (χ1v) is 9.87. The lowest BCUT2D eigenvalue weighted by atomic mass is 10.2. The second kappa shape index (κ2) is 7.13. The van der Waals surface area contributed by atoms with Gasteiger partial charge in [-0.1, -0.05) is 6.42 Å². The minimum absolute atomic E-state index is 0.0242. The average molecular weight is 394 g/mol. The van der Waals surface area contributed by atoms with Crippen LogP contribution in [-0.4, -0.2) is 37.0 Å². The molecule has 0 saturated carbocycles. The van der Waals surface area contributed by atoms with Gasteiger partial charge in [0.2, 0.25) is 10.0 Å². The summed E-state index contributed by atoms with van der Waals surface area (Å²) in [6.07, 6.45) is 3.32. The number of nitrogens with one attached hydrogen (secondary N) is 1. The van der Waals surface area contributed by atoms with Gasteiger partial charge in [0.25, 0.3) is 0 Å². The fourth-order valence-corrected chi connectivity index (χ4v) is 4.96. The van der Waals surface area contributed by atoms with E-state index in [4.69, 9.17) is 5.11 Å². The highest BCUT2D eigenvalue weighted by Crippen LogP contribution is 2.25. The summed E-state index contributed by atoms with van der Waals surface area (Å²) < 4.78 is 27.4. The normalized spacial score (nSPS) is 19.4. The summed E-state index contributed by atoms with van der Waals surface area (Å²) in [4.78, 5) is 11.0. The molecule has 2 N–H and O–H groups in total. The zero-order valence-electron chi connectivity index (χ0n) is 11.2. The molecular formula is C13H16BrNO4S2. The van der Waals surface area contributed by atoms with Crippen LogP contribution in [0.5, 0.6) is 0 Å². The predicted molar refractivity (Wildman–Crippen MR) is 86.4 cm³/mol. The standard InChI is InChI=1S/C13H16BrNO4S2/c14-12-5-4-10(7-11(12)13(16)17)21(18,19)15-8-9-3-1-2-6-20-9/h4-5,7,9,15H,1-3,6,8H2,(H,16,17). The maximum absolute atomic E-state index is 12.2. The molecular weight excluding hydrogens is 378 g/mol. The van der Waals surface area contributed by atoms with Crippen LogP contribution in [0.3, 0.4) is 0 Å². The molecule has 0 bridgehead atoms. The molecule has 1 aliphatic rings. The number of carboxylic acids is 1. The lowest BCUT2D eigenvalue weighted by Gasteiger charge is -2.21. The van der Waals surface area contributed by atoms with E-state index in [9.17, 15) is 13.2 Å². The van der Waals surface area contributed by atoms with Gasteiger partial charge in [-0.2, -0.15) is 11.8 Å². The van der Waals surface area contributed by atoms with Gasteiger partial charge < -0.3 is 5.11 Å². The van der Waals surface area contributed by atoms with Crippen LogP contribution < -0.4 is 4.72 Å². The topological polar surface area (TPSA) is 83.5 Å². The lowest BCUT2D eigenvalue weighted by Crippen LogP contribution is -2.32. The molecule has 1 fully saturated rings. The molecule has 0 aliphatic carbocycles. The number of thioether (sulfide) groups is 1. The van der Waals surface area contributed by atoms with Crippen molar-refractivity contribution in [3.8, 4) is 0 Å². The fourth-order valence-electron chi connectivity index (χ4n) is 2.09. The summed E-state index contributed by atoms with van der Waals surface area (Å²) in [5, 5.41) is 9.34. The molecule has 2 rings (SSSR count). The van der Waals surface area contributed by atoms with Crippen LogP contribution >= 0.6 is 27.7 Å². The Morgan fingerprint density at radius 3 is 2.81 bits per heavy atom. The first-order valence-electron chi connectivity index (χ1n) is 6.54. The third-order valence-electron chi connectivity index (χ3n) is 3.25. The van der Waals surface area contributed by atoms with E-state index in [0.717, 1.165) is 18.6 Å². The fraction of sp³-hybridized carbons (Fsp3) is 0.462. The molecule has 0 amide bonds. The molecule has 5 nitrogen and oxygen atoms in total. The number of hydrogen-bond donors (Lipinski definition) is 2. The van der Waals surface area contributed by atoms with Gasteiger partial charge in [-0.25, -0.2) is 17.9 Å². The van der Waals surface area contributed by atoms with Crippen LogP contribution in [-0.2, 0) is 10.0 Å². The van der Waals surface area contributed by atoms with Crippen molar-refractivity contribution in [1.82, 2.24) is 4.72 Å². The number of aromatic carboxylic acids is 1. The molecule has 0 spiro atoms. The second-order valence-corrected chi connectivity index (χ2v) is 8.82. The van der Waals surface area contributed by atoms with Gasteiger partial charge in [0.1, 0.15) is 0 Å². The maximum atomic E-state index is 12.2. The quantitative estimate of drug-likeness (QED) is 0.803. The Morgan fingerprint density at radius 2 is 2.19 bits per heavy atom. The highest BCUT2D eigenvalue weighted by molar-refractivity contribution is 9.10. The molecule has 8 heteroatoms. The summed E-state index contributed by atoms with van der Waals surface area (Å²) in [5.74, 6) is -0.102. The summed E-state index contributed by atoms with van der Waals surface area (Å²) in [6.45, 7) is 0.380. The highest BCUT2D eigenvalue weighted by Gasteiger charge is 2.21. The van der Waals surface area contributed by atoms with E-state index in [1.807, 2.05) is 0 Å². The van der Waals surface area contributed by atoms with Gasteiger partial charge in [0.15, 0.2) is 0 Å². The number of halogens is 1. The van der Waals surface area contributed by atoms with E-state index in [-0.39, 0.29) is 10.5 Å². The minimum atomic E-state index is -3.68. The Morgan fingerprint density at radius 1 is 1.43 bits per heavy atom. The smallest absolute Gasteiger partial charge is 0.336 e. The van der Waals surface area contributed by atoms with E-state index in [1.54, 1.807) is 11.8 Å². The first-order chi connectivity index (χ1) is 9.90. The molecule has 116 valence electrons.